The Bertz CT molecular complexity index is 557. The largest absolute Gasteiger partial charge is 0.383 e. The Hall–Kier alpha value is -1.60. The summed E-state index contributed by atoms with van der Waals surface area (Å²) in [6.45, 7) is 2.41. The Morgan fingerprint density at radius 1 is 1.40 bits per heavy atom. The smallest absolute Gasteiger partial charge is 0.251 e. The maximum absolute atomic E-state index is 11.9. The van der Waals surface area contributed by atoms with Crippen LogP contribution in [-0.4, -0.2) is 47.4 Å². The van der Waals surface area contributed by atoms with Crippen LogP contribution in [0.15, 0.2) is 24.3 Å². The van der Waals surface area contributed by atoms with E-state index in [2.05, 4.69) is 5.32 Å². The summed E-state index contributed by atoms with van der Waals surface area (Å²) in [4.78, 5) is 11.9. The third-order valence-electron chi connectivity index (χ3n) is 2.85. The van der Waals surface area contributed by atoms with E-state index in [0.29, 0.717) is 24.4 Å². The summed E-state index contributed by atoms with van der Waals surface area (Å²) < 4.78 is 29.6. The van der Waals surface area contributed by atoms with Crippen molar-refractivity contribution in [1.82, 2.24) is 5.32 Å². The van der Waals surface area contributed by atoms with Crippen LogP contribution in [0.5, 0.6) is 0 Å². The first-order valence-corrected chi connectivity index (χ1v) is 7.87. The number of sulfonamides is 1. The fourth-order valence-electron chi connectivity index (χ4n) is 1.57. The maximum atomic E-state index is 11.9. The van der Waals surface area contributed by atoms with Crippen molar-refractivity contribution in [3.63, 3.8) is 0 Å². The molecule has 0 aliphatic rings. The minimum absolute atomic E-state index is 0.00770. The Labute approximate surface area is 119 Å². The molecular formula is C13H20N2O4S. The molecule has 0 bridgehead atoms. The van der Waals surface area contributed by atoms with Crippen molar-refractivity contribution in [2.75, 3.05) is 37.4 Å². The lowest BCUT2D eigenvalue weighted by molar-refractivity contribution is 0.0937. The molecule has 0 unspecified atom stereocenters. The second kappa shape index (κ2) is 7.25. The van der Waals surface area contributed by atoms with E-state index in [-0.39, 0.29) is 11.7 Å². The second-order valence-electron chi connectivity index (χ2n) is 4.17. The topological polar surface area (TPSA) is 75.7 Å². The van der Waals surface area contributed by atoms with Gasteiger partial charge >= 0.3 is 0 Å². The number of carbonyl (C=O) groups excluding carboxylic acids is 1. The fraction of sp³-hybridized carbons (Fsp3) is 0.462. The summed E-state index contributed by atoms with van der Waals surface area (Å²) in [7, 11) is -0.307. The number of anilines is 1. The van der Waals surface area contributed by atoms with Crippen LogP contribution in [0.4, 0.5) is 5.69 Å². The predicted molar refractivity (Wildman–Crippen MR) is 78.5 cm³/mol. The van der Waals surface area contributed by atoms with Crippen molar-refractivity contribution >= 4 is 21.6 Å². The lowest BCUT2D eigenvalue weighted by atomic mass is 10.2. The number of benzene rings is 1. The molecule has 0 heterocycles. The molecule has 112 valence electrons. The maximum Gasteiger partial charge on any atom is 0.251 e. The van der Waals surface area contributed by atoms with Crippen molar-refractivity contribution < 1.29 is 17.9 Å². The SMILES string of the molecule is CCS(=O)(=O)N(C)c1cccc(C(=O)NCCOC)c1. The van der Waals surface area contributed by atoms with Gasteiger partial charge in [-0.3, -0.25) is 9.10 Å². The van der Waals surface area contributed by atoms with Gasteiger partial charge in [0.05, 0.1) is 18.0 Å². The molecule has 1 rings (SSSR count). The summed E-state index contributed by atoms with van der Waals surface area (Å²) >= 11 is 0. The van der Waals surface area contributed by atoms with Crippen LogP contribution in [0.2, 0.25) is 0 Å². The van der Waals surface area contributed by atoms with Crippen LogP contribution in [0.1, 0.15) is 17.3 Å². The molecule has 0 saturated carbocycles. The van der Waals surface area contributed by atoms with Gasteiger partial charge in [0.25, 0.3) is 5.91 Å². The molecule has 1 aromatic rings. The average Bonchev–Trinajstić information content (AvgIpc) is 2.46. The van der Waals surface area contributed by atoms with Crippen molar-refractivity contribution in [3.8, 4) is 0 Å². The molecule has 0 aromatic heterocycles. The number of rotatable bonds is 7. The molecule has 1 aromatic carbocycles. The van der Waals surface area contributed by atoms with Gasteiger partial charge in [-0.2, -0.15) is 0 Å². The zero-order chi connectivity index (χ0) is 15.2. The fourth-order valence-corrected chi connectivity index (χ4v) is 2.39. The minimum atomic E-state index is -3.33. The number of amides is 1. The van der Waals surface area contributed by atoms with E-state index < -0.39 is 10.0 Å². The van der Waals surface area contributed by atoms with Crippen LogP contribution in [0.25, 0.3) is 0 Å². The Kier molecular flexibility index (Phi) is 5.97. The zero-order valence-corrected chi connectivity index (χ0v) is 12.7. The number of ether oxygens (including phenoxy) is 1. The Morgan fingerprint density at radius 3 is 2.70 bits per heavy atom. The van der Waals surface area contributed by atoms with Gasteiger partial charge in [-0.05, 0) is 25.1 Å². The summed E-state index contributed by atoms with van der Waals surface area (Å²) in [5.41, 5.74) is 0.878. The highest BCUT2D eigenvalue weighted by molar-refractivity contribution is 7.92. The van der Waals surface area contributed by atoms with Gasteiger partial charge in [0.2, 0.25) is 10.0 Å². The number of carbonyl (C=O) groups is 1. The Morgan fingerprint density at radius 2 is 2.10 bits per heavy atom. The third kappa shape index (κ3) is 4.21. The molecule has 0 radical (unpaired) electrons. The normalized spacial score (nSPS) is 11.2. The highest BCUT2D eigenvalue weighted by Gasteiger charge is 2.16. The van der Waals surface area contributed by atoms with E-state index in [1.807, 2.05) is 0 Å². The van der Waals surface area contributed by atoms with E-state index >= 15 is 0 Å². The molecule has 0 saturated heterocycles. The molecule has 0 spiro atoms. The Balaban J connectivity index is 2.88. The molecule has 6 nitrogen and oxygen atoms in total. The molecule has 1 amide bonds. The lowest BCUT2D eigenvalue weighted by Crippen LogP contribution is -2.29. The molecular weight excluding hydrogens is 280 g/mol. The van der Waals surface area contributed by atoms with Gasteiger partial charge < -0.3 is 10.1 Å². The first-order valence-electron chi connectivity index (χ1n) is 6.26. The van der Waals surface area contributed by atoms with Gasteiger partial charge in [0.15, 0.2) is 0 Å². The first-order chi connectivity index (χ1) is 9.42. The predicted octanol–water partition coefficient (Wildman–Crippen LogP) is 0.849. The van der Waals surface area contributed by atoms with E-state index in [1.165, 1.54) is 11.4 Å². The van der Waals surface area contributed by atoms with Crippen molar-refractivity contribution in [2.45, 2.75) is 6.92 Å². The van der Waals surface area contributed by atoms with Gasteiger partial charge in [-0.25, -0.2) is 8.42 Å². The number of hydrogen-bond acceptors (Lipinski definition) is 4. The van der Waals surface area contributed by atoms with E-state index in [4.69, 9.17) is 4.74 Å². The van der Waals surface area contributed by atoms with Gasteiger partial charge in [-0.1, -0.05) is 6.07 Å². The number of hydrogen-bond donors (Lipinski definition) is 1. The van der Waals surface area contributed by atoms with Crippen LogP contribution in [0.3, 0.4) is 0 Å². The van der Waals surface area contributed by atoms with E-state index in [0.717, 1.165) is 0 Å². The second-order valence-corrected chi connectivity index (χ2v) is 6.46. The lowest BCUT2D eigenvalue weighted by Gasteiger charge is -2.19. The highest BCUT2D eigenvalue weighted by Crippen LogP contribution is 2.18. The standard InChI is InChI=1S/C13H20N2O4S/c1-4-20(17,18)15(2)12-7-5-6-11(10-12)13(16)14-8-9-19-3/h5-7,10H,4,8-9H2,1-3H3,(H,14,16). The molecule has 20 heavy (non-hydrogen) atoms. The average molecular weight is 300 g/mol. The van der Waals surface area contributed by atoms with E-state index in [1.54, 1.807) is 38.3 Å². The third-order valence-corrected chi connectivity index (χ3v) is 4.62. The number of nitrogens with one attached hydrogen (secondary N) is 1. The van der Waals surface area contributed by atoms with Crippen LogP contribution >= 0.6 is 0 Å². The van der Waals surface area contributed by atoms with Crippen LogP contribution in [-0.2, 0) is 14.8 Å². The summed E-state index contributed by atoms with van der Waals surface area (Å²) in [6.07, 6.45) is 0. The monoisotopic (exact) mass is 300 g/mol. The number of nitrogens with zero attached hydrogens (tertiary/aromatic N) is 1. The summed E-state index contributed by atoms with van der Waals surface area (Å²) in [5.74, 6) is -0.250. The molecule has 0 atom stereocenters. The minimum Gasteiger partial charge on any atom is -0.383 e. The van der Waals surface area contributed by atoms with Crippen LogP contribution < -0.4 is 9.62 Å². The quantitative estimate of drug-likeness (QED) is 0.757. The van der Waals surface area contributed by atoms with Gasteiger partial charge in [-0.15, -0.1) is 0 Å². The highest BCUT2D eigenvalue weighted by atomic mass is 32.2. The summed E-state index contributed by atoms with van der Waals surface area (Å²) in [6, 6.07) is 6.49. The van der Waals surface area contributed by atoms with Crippen molar-refractivity contribution in [1.29, 1.82) is 0 Å². The zero-order valence-electron chi connectivity index (χ0n) is 11.9. The molecule has 0 aliphatic carbocycles. The van der Waals surface area contributed by atoms with Gasteiger partial charge in [0.1, 0.15) is 0 Å². The molecule has 1 N–H and O–H groups in total. The molecule has 7 heteroatoms. The first kappa shape index (κ1) is 16.5. The summed E-state index contributed by atoms with van der Waals surface area (Å²) in [5, 5.41) is 2.69. The van der Waals surface area contributed by atoms with Crippen molar-refractivity contribution in [2.24, 2.45) is 0 Å². The van der Waals surface area contributed by atoms with Crippen LogP contribution in [0, 0.1) is 0 Å². The van der Waals surface area contributed by atoms with Crippen molar-refractivity contribution in [3.05, 3.63) is 29.8 Å². The number of methoxy groups -OCH3 is 1. The van der Waals surface area contributed by atoms with E-state index in [9.17, 15) is 13.2 Å². The molecule has 0 fully saturated rings. The van der Waals surface area contributed by atoms with Gasteiger partial charge in [0, 0.05) is 26.3 Å². The molecule has 0 aliphatic heterocycles.